The fourth-order valence-corrected chi connectivity index (χ4v) is 2.33. The van der Waals surface area contributed by atoms with E-state index in [0.29, 0.717) is 16.5 Å². The lowest BCUT2D eigenvalue weighted by Gasteiger charge is -2.25. The largest absolute Gasteiger partial charge is 0.342 e. The van der Waals surface area contributed by atoms with Crippen LogP contribution in [0.5, 0.6) is 0 Å². The number of hydrogen-bond acceptors (Lipinski definition) is 1. The van der Waals surface area contributed by atoms with Crippen LogP contribution in [0.15, 0.2) is 18.2 Å². The van der Waals surface area contributed by atoms with Crippen LogP contribution >= 0.6 is 11.6 Å². The molecule has 1 saturated carbocycles. The first-order chi connectivity index (χ1) is 8.50. The molecule has 0 radical (unpaired) electrons. The Hall–Kier alpha value is -1.09. The van der Waals surface area contributed by atoms with Gasteiger partial charge in [0.2, 0.25) is 5.91 Å². The summed E-state index contributed by atoms with van der Waals surface area (Å²) in [6.07, 6.45) is 2.39. The normalized spacial score (nSPS) is 16.4. The Morgan fingerprint density at radius 1 is 1.56 bits per heavy atom. The van der Waals surface area contributed by atoms with Crippen molar-refractivity contribution in [2.75, 3.05) is 7.05 Å². The van der Waals surface area contributed by atoms with Crippen molar-refractivity contribution in [3.05, 3.63) is 34.6 Å². The van der Waals surface area contributed by atoms with Crippen molar-refractivity contribution >= 4 is 17.5 Å². The van der Waals surface area contributed by atoms with Crippen molar-refractivity contribution in [3.8, 4) is 0 Å². The Kier molecular flexibility index (Phi) is 3.91. The van der Waals surface area contributed by atoms with Crippen LogP contribution in [0.3, 0.4) is 0 Å². The SMILES string of the molecule is CC(C1CC1)N(C)C(=O)Cc1c(F)cccc1Cl. The van der Waals surface area contributed by atoms with Gasteiger partial charge in [-0.2, -0.15) is 0 Å². The highest BCUT2D eigenvalue weighted by molar-refractivity contribution is 6.31. The van der Waals surface area contributed by atoms with Gasteiger partial charge < -0.3 is 4.90 Å². The van der Waals surface area contributed by atoms with Crippen molar-refractivity contribution in [1.29, 1.82) is 0 Å². The Labute approximate surface area is 112 Å². The van der Waals surface area contributed by atoms with E-state index in [-0.39, 0.29) is 18.4 Å². The molecule has 1 unspecified atom stereocenters. The highest BCUT2D eigenvalue weighted by Crippen LogP contribution is 2.35. The minimum atomic E-state index is -0.414. The molecule has 0 spiro atoms. The molecule has 1 aromatic rings. The van der Waals surface area contributed by atoms with E-state index in [2.05, 4.69) is 0 Å². The molecule has 0 aliphatic heterocycles. The summed E-state index contributed by atoms with van der Waals surface area (Å²) < 4.78 is 13.6. The summed E-state index contributed by atoms with van der Waals surface area (Å²) in [6.45, 7) is 2.04. The number of halogens is 2. The van der Waals surface area contributed by atoms with Gasteiger partial charge in [-0.3, -0.25) is 4.79 Å². The topological polar surface area (TPSA) is 20.3 Å². The van der Waals surface area contributed by atoms with Crippen LogP contribution in [0.25, 0.3) is 0 Å². The molecule has 2 rings (SSSR count). The maximum atomic E-state index is 13.6. The highest BCUT2D eigenvalue weighted by atomic mass is 35.5. The molecule has 1 aliphatic rings. The zero-order valence-corrected chi connectivity index (χ0v) is 11.4. The summed E-state index contributed by atoms with van der Waals surface area (Å²) in [5, 5.41) is 0.316. The Bertz CT molecular complexity index is 439. The Morgan fingerprint density at radius 3 is 2.78 bits per heavy atom. The van der Waals surface area contributed by atoms with Crippen molar-refractivity contribution in [1.82, 2.24) is 4.90 Å². The van der Waals surface area contributed by atoms with Crippen LogP contribution < -0.4 is 0 Å². The standard InChI is InChI=1S/C14H17ClFNO/c1-9(10-6-7-10)17(2)14(18)8-11-12(15)4-3-5-13(11)16/h3-5,9-10H,6-8H2,1-2H3. The van der Waals surface area contributed by atoms with Gasteiger partial charge >= 0.3 is 0 Å². The molecule has 4 heteroatoms. The van der Waals surface area contributed by atoms with E-state index in [1.54, 1.807) is 24.1 Å². The number of carbonyl (C=O) groups is 1. The lowest BCUT2D eigenvalue weighted by atomic mass is 10.1. The molecule has 1 fully saturated rings. The van der Waals surface area contributed by atoms with E-state index in [1.807, 2.05) is 6.92 Å². The first kappa shape index (κ1) is 13.3. The second-order valence-electron chi connectivity index (χ2n) is 4.96. The van der Waals surface area contributed by atoms with E-state index in [4.69, 9.17) is 11.6 Å². The fourth-order valence-electron chi connectivity index (χ4n) is 2.10. The molecule has 0 heterocycles. The number of hydrogen-bond donors (Lipinski definition) is 0. The molecule has 18 heavy (non-hydrogen) atoms. The van der Waals surface area contributed by atoms with Gasteiger partial charge in [0.05, 0.1) is 6.42 Å². The molecule has 0 saturated heterocycles. The predicted molar refractivity (Wildman–Crippen MR) is 70.1 cm³/mol. The van der Waals surface area contributed by atoms with E-state index in [1.165, 1.54) is 18.9 Å². The third-order valence-electron chi connectivity index (χ3n) is 3.70. The van der Waals surface area contributed by atoms with E-state index < -0.39 is 5.82 Å². The Balaban J connectivity index is 2.06. The smallest absolute Gasteiger partial charge is 0.227 e. The van der Waals surface area contributed by atoms with Crippen LogP contribution in [-0.2, 0) is 11.2 Å². The molecule has 1 aliphatic carbocycles. The minimum absolute atomic E-state index is 0.0269. The zero-order chi connectivity index (χ0) is 13.3. The molecule has 1 atom stereocenters. The third-order valence-corrected chi connectivity index (χ3v) is 4.05. The van der Waals surface area contributed by atoms with Crippen LogP contribution in [0.2, 0.25) is 5.02 Å². The number of rotatable bonds is 4. The summed E-state index contributed by atoms with van der Waals surface area (Å²) >= 11 is 5.92. The second kappa shape index (κ2) is 5.27. The summed E-state index contributed by atoms with van der Waals surface area (Å²) in [6, 6.07) is 4.71. The van der Waals surface area contributed by atoms with Crippen LogP contribution in [0, 0.1) is 11.7 Å². The van der Waals surface area contributed by atoms with Crippen LogP contribution in [0.4, 0.5) is 4.39 Å². The molecule has 98 valence electrons. The fraction of sp³-hybridized carbons (Fsp3) is 0.500. The summed E-state index contributed by atoms with van der Waals surface area (Å²) in [5.41, 5.74) is 0.291. The molecule has 1 aromatic carbocycles. The predicted octanol–water partition coefficient (Wildman–Crippen LogP) is 3.28. The maximum Gasteiger partial charge on any atom is 0.227 e. The van der Waals surface area contributed by atoms with Crippen molar-refractivity contribution in [2.24, 2.45) is 5.92 Å². The van der Waals surface area contributed by atoms with Gasteiger partial charge in [-0.05, 0) is 37.8 Å². The van der Waals surface area contributed by atoms with Gasteiger partial charge in [0.15, 0.2) is 0 Å². The van der Waals surface area contributed by atoms with Crippen molar-refractivity contribution in [2.45, 2.75) is 32.2 Å². The average molecular weight is 270 g/mol. The first-order valence-corrected chi connectivity index (χ1v) is 6.57. The molecule has 0 bridgehead atoms. The van der Waals surface area contributed by atoms with Crippen molar-refractivity contribution < 1.29 is 9.18 Å². The molecule has 2 nitrogen and oxygen atoms in total. The molecule has 0 aromatic heterocycles. The summed E-state index contributed by atoms with van der Waals surface area (Å²) in [4.78, 5) is 13.8. The molecular formula is C14H17ClFNO. The van der Waals surface area contributed by atoms with Gasteiger partial charge in [-0.25, -0.2) is 4.39 Å². The molecule has 0 N–H and O–H groups in total. The molecular weight excluding hydrogens is 253 g/mol. The molecule has 1 amide bonds. The maximum absolute atomic E-state index is 13.6. The summed E-state index contributed by atoms with van der Waals surface area (Å²) in [5.74, 6) is 0.111. The van der Waals surface area contributed by atoms with E-state index in [9.17, 15) is 9.18 Å². The highest BCUT2D eigenvalue weighted by Gasteiger charge is 2.32. The van der Waals surface area contributed by atoms with Gasteiger partial charge in [0, 0.05) is 23.7 Å². The van der Waals surface area contributed by atoms with Crippen LogP contribution in [-0.4, -0.2) is 23.9 Å². The monoisotopic (exact) mass is 269 g/mol. The number of likely N-dealkylation sites (N-methyl/N-ethyl adjacent to an activating group) is 1. The van der Waals surface area contributed by atoms with Gasteiger partial charge in [-0.15, -0.1) is 0 Å². The second-order valence-corrected chi connectivity index (χ2v) is 5.37. The van der Waals surface area contributed by atoms with E-state index in [0.717, 1.165) is 0 Å². The lowest BCUT2D eigenvalue weighted by molar-refractivity contribution is -0.131. The van der Waals surface area contributed by atoms with Gasteiger partial charge in [0.1, 0.15) is 5.82 Å². The minimum Gasteiger partial charge on any atom is -0.342 e. The third kappa shape index (κ3) is 2.83. The van der Waals surface area contributed by atoms with Crippen LogP contribution in [0.1, 0.15) is 25.3 Å². The van der Waals surface area contributed by atoms with Gasteiger partial charge in [0.25, 0.3) is 0 Å². The quantitative estimate of drug-likeness (QED) is 0.821. The number of benzene rings is 1. The zero-order valence-electron chi connectivity index (χ0n) is 10.6. The first-order valence-electron chi connectivity index (χ1n) is 6.19. The number of amides is 1. The lowest BCUT2D eigenvalue weighted by Crippen LogP contribution is -2.37. The number of carbonyl (C=O) groups excluding carboxylic acids is 1. The number of nitrogens with zero attached hydrogens (tertiary/aromatic N) is 1. The Morgan fingerprint density at radius 2 is 2.22 bits per heavy atom. The van der Waals surface area contributed by atoms with E-state index >= 15 is 0 Å². The van der Waals surface area contributed by atoms with Crippen molar-refractivity contribution in [3.63, 3.8) is 0 Å². The van der Waals surface area contributed by atoms with Gasteiger partial charge in [-0.1, -0.05) is 17.7 Å². The summed E-state index contributed by atoms with van der Waals surface area (Å²) in [7, 11) is 1.78. The average Bonchev–Trinajstić information content (AvgIpc) is 3.16.